The smallest absolute Gasteiger partial charge is 0.235 e. The van der Waals surface area contributed by atoms with Gasteiger partial charge in [-0.25, -0.2) is 13.8 Å². The van der Waals surface area contributed by atoms with Gasteiger partial charge < -0.3 is 10.0 Å². The van der Waals surface area contributed by atoms with Crippen molar-refractivity contribution in [3.05, 3.63) is 46.1 Å². The lowest BCUT2D eigenvalue weighted by atomic mass is 9.89. The molecule has 8 heteroatoms. The average Bonchev–Trinajstić information content (AvgIpc) is 3.17. The van der Waals surface area contributed by atoms with Crippen molar-refractivity contribution < 1.29 is 18.8 Å². The van der Waals surface area contributed by atoms with E-state index >= 15 is 0 Å². The summed E-state index contributed by atoms with van der Waals surface area (Å²) in [6.07, 6.45) is 1.83. The van der Waals surface area contributed by atoms with Crippen LogP contribution < -0.4 is 4.90 Å². The SMILES string of the molecule is CCc1nc2sc([C@@H](c3ccc(F)c(F)c3)[NH+]3C[C@@H](C)C[C@H](C)C3)c(O)n2n1. The molecular formula is C20H25F2N4OS+. The lowest BCUT2D eigenvalue weighted by molar-refractivity contribution is -0.936. The van der Waals surface area contributed by atoms with Crippen LogP contribution in [0.1, 0.15) is 49.5 Å². The molecule has 0 aliphatic carbocycles. The number of benzene rings is 1. The number of aromatic hydroxyl groups is 1. The molecule has 0 amide bonds. The van der Waals surface area contributed by atoms with Gasteiger partial charge in [0, 0.05) is 23.8 Å². The van der Waals surface area contributed by atoms with Crippen molar-refractivity contribution in [3.63, 3.8) is 0 Å². The lowest BCUT2D eigenvalue weighted by Crippen LogP contribution is -3.14. The van der Waals surface area contributed by atoms with Crippen LogP contribution in [0.5, 0.6) is 5.88 Å². The van der Waals surface area contributed by atoms with Crippen LogP contribution in [0.25, 0.3) is 4.96 Å². The number of rotatable bonds is 4. The second-order valence-corrected chi connectivity index (χ2v) is 8.99. The second kappa shape index (κ2) is 7.40. The zero-order chi connectivity index (χ0) is 20.0. The van der Waals surface area contributed by atoms with Gasteiger partial charge in [-0.05, 0) is 24.6 Å². The van der Waals surface area contributed by atoms with Crippen LogP contribution in [0.3, 0.4) is 0 Å². The maximum absolute atomic E-state index is 14.0. The molecule has 1 fully saturated rings. The van der Waals surface area contributed by atoms with Gasteiger partial charge in [0.1, 0.15) is 4.88 Å². The van der Waals surface area contributed by atoms with Gasteiger partial charge in [-0.1, -0.05) is 32.1 Å². The maximum atomic E-state index is 14.0. The third-order valence-corrected chi connectivity index (χ3v) is 6.62. The average molecular weight is 408 g/mol. The van der Waals surface area contributed by atoms with E-state index in [1.165, 1.54) is 26.8 Å². The first-order valence-corrected chi connectivity index (χ1v) is 10.6. The highest BCUT2D eigenvalue weighted by molar-refractivity contribution is 7.17. The second-order valence-electron chi connectivity index (χ2n) is 7.98. The molecule has 1 aromatic carbocycles. The van der Waals surface area contributed by atoms with E-state index in [0.29, 0.717) is 39.5 Å². The lowest BCUT2D eigenvalue weighted by Gasteiger charge is -2.37. The minimum absolute atomic E-state index is 0.0420. The van der Waals surface area contributed by atoms with E-state index in [0.717, 1.165) is 25.6 Å². The number of quaternary nitrogens is 1. The molecule has 3 aromatic rings. The van der Waals surface area contributed by atoms with Crippen LogP contribution in [0.4, 0.5) is 8.78 Å². The van der Waals surface area contributed by atoms with E-state index < -0.39 is 11.6 Å². The number of thiazole rings is 1. The van der Waals surface area contributed by atoms with Crippen LogP contribution in [-0.2, 0) is 6.42 Å². The molecule has 3 atom stereocenters. The Balaban J connectivity index is 1.83. The highest BCUT2D eigenvalue weighted by Gasteiger charge is 2.37. The molecule has 0 unspecified atom stereocenters. The molecule has 2 aromatic heterocycles. The number of likely N-dealkylation sites (tertiary alicyclic amines) is 1. The molecule has 0 spiro atoms. The highest BCUT2D eigenvalue weighted by atomic mass is 32.1. The van der Waals surface area contributed by atoms with Gasteiger partial charge in [0.05, 0.1) is 13.1 Å². The fraction of sp³-hybridized carbons (Fsp3) is 0.500. The number of aryl methyl sites for hydroxylation is 1. The summed E-state index contributed by atoms with van der Waals surface area (Å²) < 4.78 is 29.1. The molecular weight excluding hydrogens is 382 g/mol. The monoisotopic (exact) mass is 407 g/mol. The summed E-state index contributed by atoms with van der Waals surface area (Å²) in [6.45, 7) is 8.20. The van der Waals surface area contributed by atoms with E-state index in [4.69, 9.17) is 0 Å². The first kappa shape index (κ1) is 19.3. The van der Waals surface area contributed by atoms with Gasteiger partial charge in [-0.15, -0.1) is 5.10 Å². The van der Waals surface area contributed by atoms with E-state index in [2.05, 4.69) is 23.9 Å². The van der Waals surface area contributed by atoms with Gasteiger partial charge >= 0.3 is 0 Å². The molecule has 3 heterocycles. The normalized spacial score (nSPS) is 24.0. The molecule has 1 aliphatic heterocycles. The number of hydrogen-bond donors (Lipinski definition) is 2. The summed E-state index contributed by atoms with van der Waals surface area (Å²) in [5.74, 6) is 0.0139. The Hall–Kier alpha value is -2.06. The van der Waals surface area contributed by atoms with Crippen molar-refractivity contribution in [2.75, 3.05) is 13.1 Å². The third-order valence-electron chi connectivity index (χ3n) is 5.53. The van der Waals surface area contributed by atoms with Gasteiger partial charge in [-0.2, -0.15) is 4.52 Å². The first-order chi connectivity index (χ1) is 13.4. The molecule has 0 bridgehead atoms. The van der Waals surface area contributed by atoms with Crippen molar-refractivity contribution in [2.24, 2.45) is 11.8 Å². The molecule has 28 heavy (non-hydrogen) atoms. The van der Waals surface area contributed by atoms with Crippen LogP contribution in [0.15, 0.2) is 18.2 Å². The molecule has 5 nitrogen and oxygen atoms in total. The topological polar surface area (TPSA) is 54.9 Å². The van der Waals surface area contributed by atoms with Crippen LogP contribution in [-0.4, -0.2) is 32.8 Å². The predicted octanol–water partition coefficient (Wildman–Crippen LogP) is 2.99. The molecule has 4 rings (SSSR count). The van der Waals surface area contributed by atoms with E-state index in [9.17, 15) is 13.9 Å². The molecule has 0 saturated carbocycles. The highest BCUT2D eigenvalue weighted by Crippen LogP contribution is 2.36. The minimum Gasteiger partial charge on any atom is -0.492 e. The first-order valence-electron chi connectivity index (χ1n) is 9.74. The van der Waals surface area contributed by atoms with Crippen LogP contribution >= 0.6 is 11.3 Å². The largest absolute Gasteiger partial charge is 0.492 e. The Morgan fingerprint density at radius 2 is 1.96 bits per heavy atom. The summed E-state index contributed by atoms with van der Waals surface area (Å²) in [5, 5.41) is 15.3. The standard InChI is InChI=1S/C20H24F2N4OS/c1-4-16-23-20-26(24-16)19(27)18(28-20)17(13-5-6-14(21)15(22)8-13)25-9-11(2)7-12(3)10-25/h5-6,8,11-12,17,27H,4,7,9-10H2,1-3H3/p+1/t11-,12-,17+/m0/s1. The van der Waals surface area contributed by atoms with Crippen LogP contribution in [0.2, 0.25) is 0 Å². The van der Waals surface area contributed by atoms with Gasteiger partial charge in [0.15, 0.2) is 23.5 Å². The summed E-state index contributed by atoms with van der Waals surface area (Å²) in [6, 6.07) is 3.74. The quantitative estimate of drug-likeness (QED) is 0.699. The Labute approximate surface area is 166 Å². The number of piperidine rings is 1. The van der Waals surface area contributed by atoms with Gasteiger partial charge in [0.2, 0.25) is 10.8 Å². The summed E-state index contributed by atoms with van der Waals surface area (Å²) >= 11 is 1.37. The van der Waals surface area contributed by atoms with E-state index in [-0.39, 0.29) is 11.9 Å². The minimum atomic E-state index is -0.868. The fourth-order valence-electron chi connectivity index (χ4n) is 4.46. The Kier molecular flexibility index (Phi) is 5.09. The summed E-state index contributed by atoms with van der Waals surface area (Å²) in [5.41, 5.74) is 0.658. The molecule has 1 aliphatic rings. The van der Waals surface area contributed by atoms with Crippen molar-refractivity contribution in [1.82, 2.24) is 14.6 Å². The third kappa shape index (κ3) is 3.39. The molecule has 2 N–H and O–H groups in total. The molecule has 150 valence electrons. The number of halogens is 2. The zero-order valence-electron chi connectivity index (χ0n) is 16.2. The Bertz CT molecular complexity index is 992. The van der Waals surface area contributed by atoms with E-state index in [1.807, 2.05) is 6.92 Å². The summed E-state index contributed by atoms with van der Waals surface area (Å²) in [7, 11) is 0. The molecule has 0 radical (unpaired) electrons. The molecule has 1 saturated heterocycles. The number of hydrogen-bond acceptors (Lipinski definition) is 4. The predicted molar refractivity (Wildman–Crippen MR) is 104 cm³/mol. The zero-order valence-corrected chi connectivity index (χ0v) is 17.1. The number of aromatic nitrogens is 3. The van der Waals surface area contributed by atoms with Crippen molar-refractivity contribution in [2.45, 2.75) is 39.7 Å². The Morgan fingerprint density at radius 1 is 1.25 bits per heavy atom. The van der Waals surface area contributed by atoms with E-state index in [1.54, 1.807) is 6.07 Å². The van der Waals surface area contributed by atoms with Gasteiger partial charge in [0.25, 0.3) is 0 Å². The Morgan fingerprint density at radius 3 is 2.57 bits per heavy atom. The van der Waals surface area contributed by atoms with Crippen molar-refractivity contribution in [1.29, 1.82) is 0 Å². The number of nitrogens with zero attached hydrogens (tertiary/aromatic N) is 3. The maximum Gasteiger partial charge on any atom is 0.235 e. The number of fused-ring (bicyclic) bond motifs is 1. The number of nitrogens with one attached hydrogen (secondary N) is 1. The van der Waals surface area contributed by atoms with Crippen molar-refractivity contribution >= 4 is 16.3 Å². The van der Waals surface area contributed by atoms with Crippen molar-refractivity contribution in [3.8, 4) is 5.88 Å². The van der Waals surface area contributed by atoms with Gasteiger partial charge in [-0.3, -0.25) is 0 Å². The van der Waals surface area contributed by atoms with Crippen LogP contribution in [0, 0.1) is 23.5 Å². The summed E-state index contributed by atoms with van der Waals surface area (Å²) in [4.78, 5) is 7.02. The fourth-order valence-corrected chi connectivity index (χ4v) is 5.62.